The van der Waals surface area contributed by atoms with Crippen molar-refractivity contribution >= 4 is 29.5 Å². The van der Waals surface area contributed by atoms with E-state index < -0.39 is 42.3 Å². The Hall–Kier alpha value is -2.71. The second-order valence-corrected chi connectivity index (χ2v) is 6.88. The Labute approximate surface area is 163 Å². The molecule has 2 rings (SSSR count). The maximum absolute atomic E-state index is 12.8. The van der Waals surface area contributed by atoms with E-state index >= 15 is 0 Å². The van der Waals surface area contributed by atoms with Gasteiger partial charge in [0.1, 0.15) is 11.8 Å². The Morgan fingerprint density at radius 3 is 2.21 bits per heavy atom. The van der Waals surface area contributed by atoms with Crippen LogP contribution in [0.4, 0.5) is 0 Å². The summed E-state index contributed by atoms with van der Waals surface area (Å²) in [7, 11) is 2.34. The fourth-order valence-electron chi connectivity index (χ4n) is 3.67. The highest BCUT2D eigenvalue weighted by Gasteiger charge is 2.46. The molecule has 2 atom stereocenters. The smallest absolute Gasteiger partial charge is 0.336 e. The number of allylic oxidation sites excluding steroid dienone is 1. The molecule has 0 saturated heterocycles. The lowest BCUT2D eigenvalue weighted by atomic mass is 9.80. The zero-order chi connectivity index (χ0) is 20.8. The van der Waals surface area contributed by atoms with Gasteiger partial charge in [-0.25, -0.2) is 4.79 Å². The summed E-state index contributed by atoms with van der Waals surface area (Å²) in [4.78, 5) is 53.5. The highest BCUT2D eigenvalue weighted by Crippen LogP contribution is 2.33. The van der Waals surface area contributed by atoms with E-state index in [1.807, 2.05) is 0 Å². The van der Waals surface area contributed by atoms with Crippen LogP contribution in [0.5, 0.6) is 0 Å². The molecular formula is C19H26N2O7. The maximum Gasteiger partial charge on any atom is 0.336 e. The van der Waals surface area contributed by atoms with Gasteiger partial charge in [-0.05, 0) is 26.7 Å². The summed E-state index contributed by atoms with van der Waals surface area (Å²) in [6.45, 7) is 2.60. The lowest BCUT2D eigenvalue weighted by molar-refractivity contribution is -0.158. The lowest BCUT2D eigenvalue weighted by Gasteiger charge is -2.29. The number of nitrogens with zero attached hydrogens (tertiary/aromatic N) is 1. The Kier molecular flexibility index (Phi) is 7.31. The molecule has 1 heterocycles. The Bertz CT molecular complexity index is 720. The summed E-state index contributed by atoms with van der Waals surface area (Å²) in [6.07, 6.45) is 3.91. The topological polar surface area (TPSA) is 120 Å². The van der Waals surface area contributed by atoms with Crippen molar-refractivity contribution in [1.29, 1.82) is 0 Å². The first-order chi connectivity index (χ1) is 13.3. The van der Waals surface area contributed by atoms with Crippen LogP contribution in [0.1, 0.15) is 39.5 Å². The molecule has 0 aromatic heterocycles. The molecule has 1 unspecified atom stereocenters. The van der Waals surface area contributed by atoms with Crippen LogP contribution in [0.3, 0.4) is 0 Å². The van der Waals surface area contributed by atoms with E-state index in [4.69, 9.17) is 14.2 Å². The minimum Gasteiger partial charge on any atom is -0.468 e. The lowest BCUT2D eigenvalue weighted by Crippen LogP contribution is -2.43. The summed E-state index contributed by atoms with van der Waals surface area (Å²) in [6, 6.07) is 0.0887. The van der Waals surface area contributed by atoms with E-state index in [-0.39, 0.29) is 17.3 Å². The summed E-state index contributed by atoms with van der Waals surface area (Å²) < 4.78 is 14.7. The number of hydrogen-bond donors (Lipinski definition) is 1. The van der Waals surface area contributed by atoms with Gasteiger partial charge in [-0.1, -0.05) is 12.8 Å². The number of rotatable bonds is 6. The molecule has 1 aliphatic heterocycles. The van der Waals surface area contributed by atoms with Crippen LogP contribution >= 0.6 is 0 Å². The molecule has 1 N–H and O–H groups in total. The van der Waals surface area contributed by atoms with E-state index in [9.17, 15) is 19.2 Å². The van der Waals surface area contributed by atoms with Gasteiger partial charge in [0.2, 0.25) is 0 Å². The molecule has 1 fully saturated rings. The fourth-order valence-corrected chi connectivity index (χ4v) is 3.67. The van der Waals surface area contributed by atoms with Crippen LogP contribution in [0.15, 0.2) is 16.3 Å². The largest absolute Gasteiger partial charge is 0.468 e. The number of carbonyl (C=O) groups excluding carboxylic acids is 4. The van der Waals surface area contributed by atoms with Gasteiger partial charge < -0.3 is 19.5 Å². The third kappa shape index (κ3) is 4.76. The number of ether oxygens (including phenoxy) is 3. The Balaban J connectivity index is 2.19. The molecule has 1 saturated carbocycles. The summed E-state index contributed by atoms with van der Waals surface area (Å²) in [5, 5.41) is 2.81. The normalized spacial score (nSPS) is 22.4. The van der Waals surface area contributed by atoms with E-state index in [1.165, 1.54) is 21.1 Å². The highest BCUT2D eigenvalue weighted by molar-refractivity contribution is 6.10. The van der Waals surface area contributed by atoms with Crippen molar-refractivity contribution < 1.29 is 33.4 Å². The predicted octanol–water partition coefficient (Wildman–Crippen LogP) is 0.915. The van der Waals surface area contributed by atoms with Gasteiger partial charge in [-0.15, -0.1) is 0 Å². The molecule has 1 aliphatic carbocycles. The van der Waals surface area contributed by atoms with Crippen molar-refractivity contribution in [3.63, 3.8) is 0 Å². The molecule has 0 aromatic carbocycles. The van der Waals surface area contributed by atoms with E-state index in [0.29, 0.717) is 5.71 Å². The third-order valence-electron chi connectivity index (χ3n) is 5.01. The molecule has 9 nitrogen and oxygen atoms in total. The van der Waals surface area contributed by atoms with Crippen LogP contribution in [0.2, 0.25) is 0 Å². The zero-order valence-electron chi connectivity index (χ0n) is 16.6. The Morgan fingerprint density at radius 2 is 1.64 bits per heavy atom. The van der Waals surface area contributed by atoms with Crippen LogP contribution in [0.25, 0.3) is 0 Å². The van der Waals surface area contributed by atoms with Crippen molar-refractivity contribution in [3.05, 3.63) is 11.3 Å². The average Bonchev–Trinajstić information content (AvgIpc) is 3.17. The first-order valence-corrected chi connectivity index (χ1v) is 9.18. The molecule has 1 amide bonds. The minimum atomic E-state index is -1.29. The van der Waals surface area contributed by atoms with Gasteiger partial charge in [0, 0.05) is 17.5 Å². The quantitative estimate of drug-likeness (QED) is 0.525. The monoisotopic (exact) mass is 394 g/mol. The molecular weight excluding hydrogens is 368 g/mol. The average molecular weight is 394 g/mol. The van der Waals surface area contributed by atoms with Gasteiger partial charge >= 0.3 is 17.9 Å². The van der Waals surface area contributed by atoms with Crippen molar-refractivity contribution in [2.45, 2.75) is 45.6 Å². The first kappa shape index (κ1) is 21.6. The van der Waals surface area contributed by atoms with E-state index in [1.54, 1.807) is 6.92 Å². The van der Waals surface area contributed by atoms with Gasteiger partial charge in [-0.3, -0.25) is 19.4 Å². The Morgan fingerprint density at radius 1 is 1.00 bits per heavy atom. The summed E-state index contributed by atoms with van der Waals surface area (Å²) >= 11 is 0. The molecule has 0 radical (unpaired) electrons. The summed E-state index contributed by atoms with van der Waals surface area (Å²) in [5.41, 5.74) is 0.487. The van der Waals surface area contributed by atoms with E-state index in [0.717, 1.165) is 25.7 Å². The predicted molar refractivity (Wildman–Crippen MR) is 98.2 cm³/mol. The van der Waals surface area contributed by atoms with Gasteiger partial charge in [0.05, 0.1) is 19.8 Å². The zero-order valence-corrected chi connectivity index (χ0v) is 16.6. The molecule has 0 aromatic rings. The molecule has 2 aliphatic rings. The molecule has 28 heavy (non-hydrogen) atoms. The number of esters is 3. The second-order valence-electron chi connectivity index (χ2n) is 6.88. The number of nitrogens with one attached hydrogen (secondary N) is 1. The van der Waals surface area contributed by atoms with Gasteiger partial charge in [0.25, 0.3) is 5.91 Å². The fraction of sp³-hybridized carbons (Fsp3) is 0.632. The van der Waals surface area contributed by atoms with Crippen LogP contribution in [-0.2, 0) is 33.4 Å². The third-order valence-corrected chi connectivity index (χ3v) is 5.01. The van der Waals surface area contributed by atoms with Crippen LogP contribution in [-0.4, -0.2) is 56.4 Å². The standard InChI is InChI=1S/C19H26N2O7/c1-10-14(17(23)26-3)16(15(11(2)20-10)18(24)27-4)19(25)28-9-13(22)21-12-7-5-6-8-12/h12,14,16H,5-9H2,1-4H3,(H,21,22)/t14?,16-/m0/s1. The first-order valence-electron chi connectivity index (χ1n) is 9.18. The molecule has 9 heteroatoms. The number of carbonyl (C=O) groups is 4. The number of hydrogen-bond acceptors (Lipinski definition) is 8. The highest BCUT2D eigenvalue weighted by atomic mass is 16.5. The van der Waals surface area contributed by atoms with Gasteiger partial charge in [-0.2, -0.15) is 0 Å². The molecule has 154 valence electrons. The molecule has 0 spiro atoms. The van der Waals surface area contributed by atoms with Crippen LogP contribution < -0.4 is 5.32 Å². The number of aliphatic imine (C=N–C) groups is 1. The van der Waals surface area contributed by atoms with E-state index in [2.05, 4.69) is 10.3 Å². The van der Waals surface area contributed by atoms with Crippen molar-refractivity contribution in [2.75, 3.05) is 20.8 Å². The summed E-state index contributed by atoms with van der Waals surface area (Å²) in [5.74, 6) is -5.25. The maximum atomic E-state index is 12.8. The number of methoxy groups -OCH3 is 2. The minimum absolute atomic E-state index is 0.0790. The van der Waals surface area contributed by atoms with Crippen LogP contribution in [0, 0.1) is 11.8 Å². The SMILES string of the molecule is COC(=O)C1=C(C)N=C(C)C(C(=O)OC)[C@@H]1C(=O)OCC(=O)NC1CCCC1. The van der Waals surface area contributed by atoms with Gasteiger partial charge in [0.15, 0.2) is 6.61 Å². The van der Waals surface area contributed by atoms with Crippen molar-refractivity contribution in [3.8, 4) is 0 Å². The molecule has 0 bridgehead atoms. The van der Waals surface area contributed by atoms with Crippen molar-refractivity contribution in [1.82, 2.24) is 5.32 Å². The second kappa shape index (κ2) is 9.48. The number of amides is 1. The van der Waals surface area contributed by atoms with Crippen molar-refractivity contribution in [2.24, 2.45) is 16.8 Å².